The van der Waals surface area contributed by atoms with Gasteiger partial charge in [0.05, 0.1) is 12.7 Å². The largest absolute Gasteiger partial charge is 0.466 e. The van der Waals surface area contributed by atoms with Crippen molar-refractivity contribution < 1.29 is 9.53 Å². The van der Waals surface area contributed by atoms with E-state index in [0.29, 0.717) is 11.3 Å². The van der Waals surface area contributed by atoms with Crippen molar-refractivity contribution in [3.63, 3.8) is 0 Å². The second kappa shape index (κ2) is 3.12. The van der Waals surface area contributed by atoms with Crippen molar-refractivity contribution in [2.45, 2.75) is 13.8 Å². The lowest BCUT2D eigenvalue weighted by Gasteiger charge is -1.98. The first-order valence-corrected chi connectivity index (χ1v) is 2.61. The van der Waals surface area contributed by atoms with E-state index in [1.165, 1.54) is 7.11 Å². The molecule has 0 heterocycles. The molecular weight excluding hydrogens is 118 g/mol. The highest BCUT2D eigenvalue weighted by atomic mass is 16.5. The van der Waals surface area contributed by atoms with Crippen molar-refractivity contribution in [2.75, 3.05) is 7.11 Å². The number of allylic oxidation sites excluding steroid dienone is 1. The summed E-state index contributed by atoms with van der Waals surface area (Å²) >= 11 is 0. The van der Waals surface area contributed by atoms with Crippen molar-refractivity contribution in [1.29, 1.82) is 0 Å². The van der Waals surface area contributed by atoms with Crippen LogP contribution in [0.5, 0.6) is 0 Å². The van der Waals surface area contributed by atoms with Crippen LogP contribution in [0.25, 0.3) is 0 Å². The molecule has 0 rings (SSSR count). The lowest BCUT2D eigenvalue weighted by atomic mass is 10.2. The van der Waals surface area contributed by atoms with Gasteiger partial charge in [-0.25, -0.2) is 4.79 Å². The SMILES string of the molecule is COC(=O)C(C)=C(C)N. The molecule has 2 N–H and O–H groups in total. The zero-order valence-corrected chi connectivity index (χ0v) is 5.89. The molecule has 0 aromatic rings. The number of hydrogen-bond acceptors (Lipinski definition) is 3. The highest BCUT2D eigenvalue weighted by molar-refractivity contribution is 5.88. The molecule has 52 valence electrons. The summed E-state index contributed by atoms with van der Waals surface area (Å²) in [5, 5.41) is 0. The highest BCUT2D eigenvalue weighted by Gasteiger charge is 2.03. The maximum atomic E-state index is 10.6. The zero-order chi connectivity index (χ0) is 7.44. The number of rotatable bonds is 1. The Morgan fingerprint density at radius 1 is 1.44 bits per heavy atom. The van der Waals surface area contributed by atoms with Crippen LogP contribution in [0.15, 0.2) is 11.3 Å². The Balaban J connectivity index is 4.21. The van der Waals surface area contributed by atoms with Crippen molar-refractivity contribution >= 4 is 5.97 Å². The average molecular weight is 129 g/mol. The van der Waals surface area contributed by atoms with Gasteiger partial charge in [0, 0.05) is 5.70 Å². The Morgan fingerprint density at radius 3 is 2.00 bits per heavy atom. The summed E-state index contributed by atoms with van der Waals surface area (Å²) in [4.78, 5) is 10.6. The number of carbonyl (C=O) groups excluding carboxylic acids is 1. The molecular formula is C6H11NO2. The fourth-order valence-corrected chi connectivity index (χ4v) is 0.314. The number of hydrogen-bond donors (Lipinski definition) is 1. The van der Waals surface area contributed by atoms with Crippen LogP contribution < -0.4 is 5.73 Å². The van der Waals surface area contributed by atoms with Crippen LogP contribution in [0.2, 0.25) is 0 Å². The van der Waals surface area contributed by atoms with Gasteiger partial charge in [0.15, 0.2) is 0 Å². The van der Waals surface area contributed by atoms with E-state index in [-0.39, 0.29) is 5.97 Å². The first-order valence-electron chi connectivity index (χ1n) is 2.61. The molecule has 0 saturated heterocycles. The van der Waals surface area contributed by atoms with Crippen LogP contribution in [0.3, 0.4) is 0 Å². The van der Waals surface area contributed by atoms with E-state index >= 15 is 0 Å². The lowest BCUT2D eigenvalue weighted by molar-refractivity contribution is -0.136. The van der Waals surface area contributed by atoms with E-state index < -0.39 is 0 Å². The normalized spacial score (nSPS) is 12.3. The van der Waals surface area contributed by atoms with E-state index in [9.17, 15) is 4.79 Å². The van der Waals surface area contributed by atoms with Gasteiger partial charge in [-0.1, -0.05) is 0 Å². The highest BCUT2D eigenvalue weighted by Crippen LogP contribution is 1.97. The molecule has 0 saturated carbocycles. The Morgan fingerprint density at radius 2 is 1.89 bits per heavy atom. The molecule has 3 heteroatoms. The van der Waals surface area contributed by atoms with Gasteiger partial charge < -0.3 is 10.5 Å². The fraction of sp³-hybridized carbons (Fsp3) is 0.500. The summed E-state index contributed by atoms with van der Waals surface area (Å²) < 4.78 is 4.40. The third-order valence-electron chi connectivity index (χ3n) is 1.08. The van der Waals surface area contributed by atoms with Crippen molar-refractivity contribution in [1.82, 2.24) is 0 Å². The van der Waals surface area contributed by atoms with Gasteiger partial charge in [-0.2, -0.15) is 0 Å². The zero-order valence-electron chi connectivity index (χ0n) is 5.89. The van der Waals surface area contributed by atoms with Gasteiger partial charge in [-0.3, -0.25) is 0 Å². The summed E-state index contributed by atoms with van der Waals surface area (Å²) in [5.74, 6) is -0.366. The smallest absolute Gasteiger partial charge is 0.335 e. The van der Waals surface area contributed by atoms with Crippen LogP contribution in [0.4, 0.5) is 0 Å². The first kappa shape index (κ1) is 8.01. The Kier molecular flexibility index (Phi) is 2.78. The van der Waals surface area contributed by atoms with Crippen molar-refractivity contribution in [3.05, 3.63) is 11.3 Å². The lowest BCUT2D eigenvalue weighted by Crippen LogP contribution is -2.07. The summed E-state index contributed by atoms with van der Waals surface area (Å²) in [7, 11) is 1.33. The third-order valence-corrected chi connectivity index (χ3v) is 1.08. The minimum absolute atomic E-state index is 0.366. The standard InChI is InChI=1S/C6H11NO2/c1-4(5(2)7)6(8)9-3/h7H2,1-3H3. The second-order valence-corrected chi connectivity index (χ2v) is 1.80. The van der Waals surface area contributed by atoms with E-state index in [0.717, 1.165) is 0 Å². The molecule has 0 radical (unpaired) electrons. The molecule has 3 nitrogen and oxygen atoms in total. The molecule has 0 amide bonds. The van der Waals surface area contributed by atoms with E-state index in [2.05, 4.69) is 4.74 Å². The number of methoxy groups -OCH3 is 1. The summed E-state index contributed by atoms with van der Waals surface area (Å²) in [5.41, 5.74) is 6.26. The van der Waals surface area contributed by atoms with Gasteiger partial charge in [0.2, 0.25) is 0 Å². The maximum absolute atomic E-state index is 10.6. The predicted molar refractivity (Wildman–Crippen MR) is 34.6 cm³/mol. The van der Waals surface area contributed by atoms with Gasteiger partial charge >= 0.3 is 5.97 Å². The molecule has 0 aliphatic heterocycles. The van der Waals surface area contributed by atoms with Crippen LogP contribution >= 0.6 is 0 Å². The van der Waals surface area contributed by atoms with E-state index in [1.54, 1.807) is 13.8 Å². The molecule has 0 bridgehead atoms. The summed E-state index contributed by atoms with van der Waals surface area (Å²) in [6.45, 7) is 3.29. The molecule has 0 unspecified atom stereocenters. The first-order chi connectivity index (χ1) is 4.09. The van der Waals surface area contributed by atoms with Gasteiger partial charge in [0.1, 0.15) is 0 Å². The second-order valence-electron chi connectivity index (χ2n) is 1.80. The predicted octanol–water partition coefficient (Wildman–Crippen LogP) is 0.412. The van der Waals surface area contributed by atoms with Crippen LogP contribution in [0, 0.1) is 0 Å². The number of carbonyl (C=O) groups is 1. The third kappa shape index (κ3) is 2.17. The van der Waals surface area contributed by atoms with Crippen LogP contribution in [-0.4, -0.2) is 13.1 Å². The maximum Gasteiger partial charge on any atom is 0.335 e. The Bertz CT molecular complexity index is 145. The van der Waals surface area contributed by atoms with Gasteiger partial charge in [-0.05, 0) is 13.8 Å². The minimum Gasteiger partial charge on any atom is -0.466 e. The Hall–Kier alpha value is -0.990. The number of esters is 1. The van der Waals surface area contributed by atoms with Crippen LogP contribution in [0.1, 0.15) is 13.8 Å². The van der Waals surface area contributed by atoms with Gasteiger partial charge in [0.25, 0.3) is 0 Å². The molecule has 0 fully saturated rings. The topological polar surface area (TPSA) is 52.3 Å². The summed E-state index contributed by atoms with van der Waals surface area (Å²) in [6, 6.07) is 0. The molecule has 0 aromatic carbocycles. The van der Waals surface area contributed by atoms with Crippen LogP contribution in [-0.2, 0) is 9.53 Å². The molecule has 9 heavy (non-hydrogen) atoms. The average Bonchev–Trinajstić information content (AvgIpc) is 1.84. The number of nitrogens with two attached hydrogens (primary N) is 1. The summed E-state index contributed by atoms with van der Waals surface area (Å²) in [6.07, 6.45) is 0. The molecule has 0 spiro atoms. The quantitative estimate of drug-likeness (QED) is 0.412. The molecule has 0 atom stereocenters. The molecule has 0 aliphatic rings. The Labute approximate surface area is 54.5 Å². The van der Waals surface area contributed by atoms with E-state index in [4.69, 9.17) is 5.73 Å². The van der Waals surface area contributed by atoms with Crippen molar-refractivity contribution in [3.8, 4) is 0 Å². The van der Waals surface area contributed by atoms with E-state index in [1.807, 2.05) is 0 Å². The monoisotopic (exact) mass is 129 g/mol. The van der Waals surface area contributed by atoms with Gasteiger partial charge in [-0.15, -0.1) is 0 Å². The van der Waals surface area contributed by atoms with Crippen molar-refractivity contribution in [2.24, 2.45) is 5.73 Å². The minimum atomic E-state index is -0.366. The molecule has 0 aliphatic carbocycles. The fourth-order valence-electron chi connectivity index (χ4n) is 0.314. The molecule has 0 aromatic heterocycles. The number of ether oxygens (including phenoxy) is 1.